The number of hydrogen-bond acceptors (Lipinski definition) is 3. The molecule has 2 aromatic rings. The van der Waals surface area contributed by atoms with Gasteiger partial charge in [-0.15, -0.1) is 0 Å². The Morgan fingerprint density at radius 3 is 2.77 bits per heavy atom. The summed E-state index contributed by atoms with van der Waals surface area (Å²) < 4.78 is 5.17. The molecule has 0 spiro atoms. The molecule has 0 aliphatic carbocycles. The van der Waals surface area contributed by atoms with Gasteiger partial charge in [0.05, 0.1) is 24.4 Å². The molecule has 0 saturated carbocycles. The summed E-state index contributed by atoms with van der Waals surface area (Å²) in [5.41, 5.74) is 1.88. The molecule has 2 aromatic carbocycles. The van der Waals surface area contributed by atoms with Crippen molar-refractivity contribution < 1.29 is 9.53 Å². The highest BCUT2D eigenvalue weighted by molar-refractivity contribution is 6.33. The van der Waals surface area contributed by atoms with Gasteiger partial charge in [-0.3, -0.25) is 4.79 Å². The van der Waals surface area contributed by atoms with Crippen molar-refractivity contribution in [3.63, 3.8) is 0 Å². The van der Waals surface area contributed by atoms with E-state index in [-0.39, 0.29) is 12.5 Å². The predicted octanol–water partition coefficient (Wildman–Crippen LogP) is 3.12. The van der Waals surface area contributed by atoms with Crippen LogP contribution in [0.5, 0.6) is 5.75 Å². The maximum Gasteiger partial charge on any atom is 0.239 e. The number of para-hydroxylation sites is 1. The molecule has 2 rings (SSSR count). The number of anilines is 1. The van der Waals surface area contributed by atoms with E-state index in [1.165, 1.54) is 0 Å². The van der Waals surface area contributed by atoms with Gasteiger partial charge in [0.25, 0.3) is 0 Å². The molecule has 1 amide bonds. The number of rotatable bonds is 7. The Morgan fingerprint density at radius 1 is 1.18 bits per heavy atom. The number of carbonyl (C=O) groups excluding carboxylic acids is 1. The van der Waals surface area contributed by atoms with Crippen LogP contribution >= 0.6 is 11.6 Å². The molecular weight excluding hydrogens is 300 g/mol. The molecule has 0 aliphatic heterocycles. The Hall–Kier alpha value is -2.20. The Bertz CT molecular complexity index is 632. The van der Waals surface area contributed by atoms with Crippen molar-refractivity contribution in [1.82, 2.24) is 5.32 Å². The minimum Gasteiger partial charge on any atom is -0.497 e. The van der Waals surface area contributed by atoms with Gasteiger partial charge in [0.15, 0.2) is 0 Å². The Morgan fingerprint density at radius 2 is 2.00 bits per heavy atom. The van der Waals surface area contributed by atoms with Crippen molar-refractivity contribution in [3.05, 3.63) is 59.1 Å². The Labute approximate surface area is 135 Å². The number of hydrogen-bond donors (Lipinski definition) is 2. The highest BCUT2D eigenvalue weighted by Gasteiger charge is 2.03. The zero-order valence-corrected chi connectivity index (χ0v) is 13.2. The van der Waals surface area contributed by atoms with Crippen LogP contribution in [0.2, 0.25) is 5.02 Å². The Kier molecular flexibility index (Phi) is 6.10. The van der Waals surface area contributed by atoms with Crippen LogP contribution in [0.15, 0.2) is 48.5 Å². The van der Waals surface area contributed by atoms with Crippen molar-refractivity contribution >= 4 is 23.2 Å². The molecule has 0 aliphatic rings. The summed E-state index contributed by atoms with van der Waals surface area (Å²) in [7, 11) is 1.64. The highest BCUT2D eigenvalue weighted by Crippen LogP contribution is 2.19. The number of nitrogens with one attached hydrogen (secondary N) is 2. The molecule has 0 fully saturated rings. The Balaban J connectivity index is 1.72. The van der Waals surface area contributed by atoms with Crippen LogP contribution in [0.1, 0.15) is 5.56 Å². The van der Waals surface area contributed by atoms with Gasteiger partial charge in [-0.25, -0.2) is 0 Å². The van der Waals surface area contributed by atoms with Gasteiger partial charge < -0.3 is 15.4 Å². The first-order chi connectivity index (χ1) is 10.7. The summed E-state index contributed by atoms with van der Waals surface area (Å²) in [4.78, 5) is 11.8. The maximum absolute atomic E-state index is 11.8. The molecule has 116 valence electrons. The molecule has 0 saturated heterocycles. The second kappa shape index (κ2) is 8.29. The van der Waals surface area contributed by atoms with Gasteiger partial charge in [-0.1, -0.05) is 35.9 Å². The van der Waals surface area contributed by atoms with Gasteiger partial charge >= 0.3 is 0 Å². The number of ether oxygens (including phenoxy) is 1. The van der Waals surface area contributed by atoms with Crippen LogP contribution in [0.4, 0.5) is 5.69 Å². The first-order valence-corrected chi connectivity index (χ1v) is 7.45. The number of amides is 1. The first-order valence-electron chi connectivity index (χ1n) is 7.07. The third kappa shape index (κ3) is 4.97. The lowest BCUT2D eigenvalue weighted by atomic mass is 10.1. The fourth-order valence-corrected chi connectivity index (χ4v) is 2.22. The van der Waals surface area contributed by atoms with Crippen LogP contribution < -0.4 is 15.4 Å². The van der Waals surface area contributed by atoms with Crippen LogP contribution in [0.3, 0.4) is 0 Å². The van der Waals surface area contributed by atoms with E-state index in [0.29, 0.717) is 11.6 Å². The van der Waals surface area contributed by atoms with Crippen LogP contribution in [-0.2, 0) is 11.2 Å². The number of halogens is 1. The van der Waals surface area contributed by atoms with Gasteiger partial charge in [0.2, 0.25) is 5.91 Å². The summed E-state index contributed by atoms with van der Waals surface area (Å²) in [5.74, 6) is 0.757. The molecule has 5 heteroatoms. The van der Waals surface area contributed by atoms with Crippen molar-refractivity contribution in [3.8, 4) is 5.75 Å². The summed E-state index contributed by atoms with van der Waals surface area (Å²) in [6.45, 7) is 0.776. The summed E-state index contributed by atoms with van der Waals surface area (Å²) >= 11 is 6.01. The van der Waals surface area contributed by atoms with Crippen molar-refractivity contribution in [2.45, 2.75) is 6.42 Å². The van der Waals surface area contributed by atoms with E-state index < -0.39 is 0 Å². The molecule has 22 heavy (non-hydrogen) atoms. The third-order valence-corrected chi connectivity index (χ3v) is 3.51. The minimum absolute atomic E-state index is 0.0668. The average Bonchev–Trinajstić information content (AvgIpc) is 2.54. The molecule has 2 N–H and O–H groups in total. The van der Waals surface area contributed by atoms with Crippen molar-refractivity contribution in [2.75, 3.05) is 25.5 Å². The average molecular weight is 319 g/mol. The van der Waals surface area contributed by atoms with E-state index in [0.717, 1.165) is 23.4 Å². The van der Waals surface area contributed by atoms with Crippen LogP contribution in [0.25, 0.3) is 0 Å². The smallest absolute Gasteiger partial charge is 0.239 e. The quantitative estimate of drug-likeness (QED) is 0.824. The van der Waals surface area contributed by atoms with Crippen LogP contribution in [-0.4, -0.2) is 26.1 Å². The van der Waals surface area contributed by atoms with E-state index in [1.807, 2.05) is 42.5 Å². The largest absolute Gasteiger partial charge is 0.497 e. The number of carbonyl (C=O) groups is 1. The summed E-state index contributed by atoms with van der Waals surface area (Å²) in [6.07, 6.45) is 0.759. The second-order valence-corrected chi connectivity index (χ2v) is 5.19. The topological polar surface area (TPSA) is 50.4 Å². The first kappa shape index (κ1) is 16.2. The molecule has 0 bridgehead atoms. The van der Waals surface area contributed by atoms with E-state index in [4.69, 9.17) is 16.3 Å². The molecular formula is C17H19ClN2O2. The lowest BCUT2D eigenvalue weighted by molar-refractivity contribution is -0.119. The maximum atomic E-state index is 11.8. The molecule has 4 nitrogen and oxygen atoms in total. The monoisotopic (exact) mass is 318 g/mol. The number of methoxy groups -OCH3 is 1. The highest BCUT2D eigenvalue weighted by atomic mass is 35.5. The molecule has 0 atom stereocenters. The van der Waals surface area contributed by atoms with E-state index in [1.54, 1.807) is 13.2 Å². The molecule has 0 unspecified atom stereocenters. The van der Waals surface area contributed by atoms with Gasteiger partial charge in [0, 0.05) is 6.54 Å². The summed E-state index contributed by atoms with van der Waals surface area (Å²) in [6, 6.07) is 15.2. The standard InChI is InChI=1S/C17H19ClN2O2/c1-22-14-6-4-5-13(11-14)9-10-19-17(21)12-20-16-8-3-2-7-15(16)18/h2-8,11,20H,9-10,12H2,1H3,(H,19,21). The van der Waals surface area contributed by atoms with Gasteiger partial charge in [-0.05, 0) is 36.2 Å². The third-order valence-electron chi connectivity index (χ3n) is 3.18. The molecule has 0 radical (unpaired) electrons. The van der Waals surface area contributed by atoms with Crippen molar-refractivity contribution in [2.24, 2.45) is 0 Å². The van der Waals surface area contributed by atoms with E-state index >= 15 is 0 Å². The lowest BCUT2D eigenvalue weighted by Crippen LogP contribution is -2.31. The van der Waals surface area contributed by atoms with Crippen molar-refractivity contribution in [1.29, 1.82) is 0 Å². The second-order valence-electron chi connectivity index (χ2n) is 4.78. The zero-order chi connectivity index (χ0) is 15.8. The fourth-order valence-electron chi connectivity index (χ4n) is 2.02. The van der Waals surface area contributed by atoms with Gasteiger partial charge in [-0.2, -0.15) is 0 Å². The van der Waals surface area contributed by atoms with Gasteiger partial charge in [0.1, 0.15) is 5.75 Å². The van der Waals surface area contributed by atoms with Crippen LogP contribution in [0, 0.1) is 0 Å². The fraction of sp³-hybridized carbons (Fsp3) is 0.235. The molecule has 0 aromatic heterocycles. The van der Waals surface area contributed by atoms with E-state index in [9.17, 15) is 4.79 Å². The normalized spacial score (nSPS) is 10.1. The predicted molar refractivity (Wildman–Crippen MR) is 89.6 cm³/mol. The zero-order valence-electron chi connectivity index (χ0n) is 12.4. The SMILES string of the molecule is COc1cccc(CCNC(=O)CNc2ccccc2Cl)c1. The molecule has 0 heterocycles. The lowest BCUT2D eigenvalue weighted by Gasteiger charge is -2.09. The minimum atomic E-state index is -0.0668. The number of benzene rings is 2. The van der Waals surface area contributed by atoms with E-state index in [2.05, 4.69) is 10.6 Å². The summed E-state index contributed by atoms with van der Waals surface area (Å²) in [5, 5.41) is 6.49.